The first kappa shape index (κ1) is 17.6. The van der Waals surface area contributed by atoms with Crippen LogP contribution in [0.5, 0.6) is 0 Å². The molecule has 0 aliphatic heterocycles. The molecule has 0 aliphatic rings. The van der Waals surface area contributed by atoms with Gasteiger partial charge < -0.3 is 5.32 Å². The molecular weight excluding hydrogens is 335 g/mol. The van der Waals surface area contributed by atoms with Crippen LogP contribution in [0.25, 0.3) is 0 Å². The van der Waals surface area contributed by atoms with Gasteiger partial charge in [-0.15, -0.1) is 0 Å². The summed E-state index contributed by atoms with van der Waals surface area (Å²) in [5.41, 5.74) is 1.71. The predicted molar refractivity (Wildman–Crippen MR) is 94.5 cm³/mol. The molecule has 2 N–H and O–H groups in total. The van der Waals surface area contributed by atoms with E-state index < -0.39 is 0 Å². The van der Waals surface area contributed by atoms with Crippen molar-refractivity contribution >= 4 is 35.1 Å². The SMILES string of the molecule is CCCCNC(=O)Nc1cc(C)n(Cc2c(Cl)cccc2Cl)n1. The third kappa shape index (κ3) is 4.88. The summed E-state index contributed by atoms with van der Waals surface area (Å²) < 4.78 is 1.76. The molecule has 0 unspecified atom stereocenters. The fourth-order valence-electron chi connectivity index (χ4n) is 2.10. The number of amides is 2. The number of anilines is 1. The van der Waals surface area contributed by atoms with Crippen LogP contribution in [0.4, 0.5) is 10.6 Å². The number of halogens is 2. The minimum Gasteiger partial charge on any atom is -0.338 e. The quantitative estimate of drug-likeness (QED) is 0.751. The van der Waals surface area contributed by atoms with Gasteiger partial charge in [0.25, 0.3) is 0 Å². The molecule has 0 bridgehead atoms. The smallest absolute Gasteiger partial charge is 0.320 e. The number of nitrogens with zero attached hydrogens (tertiary/aromatic N) is 2. The van der Waals surface area contributed by atoms with Crippen molar-refractivity contribution in [1.29, 1.82) is 0 Å². The minimum absolute atomic E-state index is 0.251. The topological polar surface area (TPSA) is 59.0 Å². The van der Waals surface area contributed by atoms with Gasteiger partial charge in [0.05, 0.1) is 6.54 Å². The van der Waals surface area contributed by atoms with Crippen molar-refractivity contribution in [2.75, 3.05) is 11.9 Å². The van der Waals surface area contributed by atoms with Gasteiger partial charge in [0, 0.05) is 33.9 Å². The molecule has 2 aromatic rings. The first-order valence-electron chi connectivity index (χ1n) is 7.53. The Morgan fingerprint density at radius 3 is 2.65 bits per heavy atom. The monoisotopic (exact) mass is 354 g/mol. The Balaban J connectivity index is 2.05. The van der Waals surface area contributed by atoms with E-state index in [1.165, 1.54) is 0 Å². The standard InChI is InChI=1S/C16H20Cl2N4O/c1-3-4-8-19-16(23)20-15-9-11(2)22(21-15)10-12-13(17)6-5-7-14(12)18/h5-7,9H,3-4,8,10H2,1-2H3,(H2,19,20,21,23). The molecule has 0 saturated heterocycles. The number of carbonyl (C=O) groups is 1. The highest BCUT2D eigenvalue weighted by Crippen LogP contribution is 2.25. The summed E-state index contributed by atoms with van der Waals surface area (Å²) in [5, 5.41) is 11.1. The average Bonchev–Trinajstić information content (AvgIpc) is 2.83. The summed E-state index contributed by atoms with van der Waals surface area (Å²) >= 11 is 12.4. The van der Waals surface area contributed by atoms with Crippen molar-refractivity contribution in [3.63, 3.8) is 0 Å². The molecule has 0 aliphatic carbocycles. The van der Waals surface area contributed by atoms with Crippen LogP contribution in [0.15, 0.2) is 24.3 Å². The Labute approximate surface area is 146 Å². The van der Waals surface area contributed by atoms with E-state index in [1.54, 1.807) is 22.9 Å². The molecule has 1 heterocycles. The number of benzene rings is 1. The van der Waals surface area contributed by atoms with Crippen molar-refractivity contribution in [1.82, 2.24) is 15.1 Å². The van der Waals surface area contributed by atoms with E-state index in [-0.39, 0.29) is 6.03 Å². The summed E-state index contributed by atoms with van der Waals surface area (Å²) in [5.74, 6) is 0.500. The highest BCUT2D eigenvalue weighted by atomic mass is 35.5. The number of hydrogen-bond donors (Lipinski definition) is 2. The molecule has 1 aromatic carbocycles. The van der Waals surface area contributed by atoms with Crippen molar-refractivity contribution in [2.24, 2.45) is 0 Å². The molecule has 2 amide bonds. The average molecular weight is 355 g/mol. The first-order chi connectivity index (χ1) is 11.0. The van der Waals surface area contributed by atoms with Crippen LogP contribution < -0.4 is 10.6 Å². The van der Waals surface area contributed by atoms with E-state index >= 15 is 0 Å². The number of nitrogens with one attached hydrogen (secondary N) is 2. The number of carbonyl (C=O) groups excluding carboxylic acids is 1. The summed E-state index contributed by atoms with van der Waals surface area (Å²) in [6.45, 7) is 5.09. The molecule has 0 radical (unpaired) electrons. The van der Waals surface area contributed by atoms with E-state index in [9.17, 15) is 4.79 Å². The summed E-state index contributed by atoms with van der Waals surface area (Å²) in [4.78, 5) is 11.8. The van der Waals surface area contributed by atoms with Gasteiger partial charge in [-0.05, 0) is 25.5 Å². The second-order valence-electron chi connectivity index (χ2n) is 5.26. The van der Waals surface area contributed by atoms with Crippen molar-refractivity contribution in [2.45, 2.75) is 33.2 Å². The second kappa shape index (κ2) is 8.22. The Morgan fingerprint density at radius 2 is 2.00 bits per heavy atom. The highest BCUT2D eigenvalue weighted by molar-refractivity contribution is 6.35. The summed E-state index contributed by atoms with van der Waals surface area (Å²) in [6.07, 6.45) is 1.98. The minimum atomic E-state index is -0.251. The molecule has 1 aromatic heterocycles. The molecule has 0 spiro atoms. The molecule has 5 nitrogen and oxygen atoms in total. The highest BCUT2D eigenvalue weighted by Gasteiger charge is 2.11. The normalized spacial score (nSPS) is 10.6. The van der Waals surface area contributed by atoms with Crippen molar-refractivity contribution in [3.05, 3.63) is 45.6 Å². The molecule has 23 heavy (non-hydrogen) atoms. The van der Waals surface area contributed by atoms with Crippen LogP contribution in [0.3, 0.4) is 0 Å². The van der Waals surface area contributed by atoms with E-state index in [0.717, 1.165) is 24.1 Å². The fraction of sp³-hybridized carbons (Fsp3) is 0.375. The maximum absolute atomic E-state index is 11.8. The van der Waals surface area contributed by atoms with Crippen molar-refractivity contribution in [3.8, 4) is 0 Å². The van der Waals surface area contributed by atoms with Gasteiger partial charge >= 0.3 is 6.03 Å². The Hall–Kier alpha value is -1.72. The number of aryl methyl sites for hydroxylation is 1. The Morgan fingerprint density at radius 1 is 1.30 bits per heavy atom. The number of urea groups is 1. The second-order valence-corrected chi connectivity index (χ2v) is 6.08. The van der Waals surface area contributed by atoms with Crippen LogP contribution in [-0.4, -0.2) is 22.4 Å². The van der Waals surface area contributed by atoms with Gasteiger partial charge in [0.2, 0.25) is 0 Å². The van der Waals surface area contributed by atoms with Crippen LogP contribution >= 0.6 is 23.2 Å². The molecular formula is C16H20Cl2N4O. The maximum atomic E-state index is 11.8. The maximum Gasteiger partial charge on any atom is 0.320 e. The van der Waals surface area contributed by atoms with E-state index in [0.29, 0.717) is 29.0 Å². The zero-order valence-corrected chi connectivity index (χ0v) is 14.7. The van der Waals surface area contributed by atoms with Gasteiger partial charge in [0.15, 0.2) is 5.82 Å². The zero-order chi connectivity index (χ0) is 16.8. The lowest BCUT2D eigenvalue weighted by Gasteiger charge is -2.08. The Kier molecular flexibility index (Phi) is 6.30. The lowest BCUT2D eigenvalue weighted by molar-refractivity contribution is 0.252. The molecule has 2 rings (SSSR count). The molecule has 7 heteroatoms. The predicted octanol–water partition coefficient (Wildman–Crippen LogP) is 4.47. The lowest BCUT2D eigenvalue weighted by atomic mass is 10.2. The lowest BCUT2D eigenvalue weighted by Crippen LogP contribution is -2.29. The largest absolute Gasteiger partial charge is 0.338 e. The van der Waals surface area contributed by atoms with E-state index in [4.69, 9.17) is 23.2 Å². The third-order valence-electron chi connectivity index (χ3n) is 3.41. The first-order valence-corrected chi connectivity index (χ1v) is 8.29. The van der Waals surface area contributed by atoms with Crippen LogP contribution in [0, 0.1) is 6.92 Å². The third-order valence-corrected chi connectivity index (χ3v) is 4.12. The van der Waals surface area contributed by atoms with Gasteiger partial charge in [0.1, 0.15) is 0 Å². The van der Waals surface area contributed by atoms with Crippen LogP contribution in [0.1, 0.15) is 31.0 Å². The van der Waals surface area contributed by atoms with E-state index in [2.05, 4.69) is 22.7 Å². The van der Waals surface area contributed by atoms with Gasteiger partial charge in [-0.3, -0.25) is 10.00 Å². The number of aromatic nitrogens is 2. The number of hydrogen-bond acceptors (Lipinski definition) is 2. The van der Waals surface area contributed by atoms with Crippen molar-refractivity contribution < 1.29 is 4.79 Å². The van der Waals surface area contributed by atoms with Gasteiger partial charge in [-0.25, -0.2) is 4.79 Å². The molecule has 0 saturated carbocycles. The molecule has 0 atom stereocenters. The van der Waals surface area contributed by atoms with Crippen LogP contribution in [0.2, 0.25) is 10.0 Å². The molecule has 124 valence electrons. The Bertz CT molecular complexity index is 664. The number of rotatable bonds is 6. The summed E-state index contributed by atoms with van der Waals surface area (Å²) in [6, 6.07) is 6.95. The number of unbranched alkanes of at least 4 members (excludes halogenated alkanes) is 1. The summed E-state index contributed by atoms with van der Waals surface area (Å²) in [7, 11) is 0. The van der Waals surface area contributed by atoms with Gasteiger partial charge in [-0.2, -0.15) is 5.10 Å². The zero-order valence-electron chi connectivity index (χ0n) is 13.2. The fourth-order valence-corrected chi connectivity index (χ4v) is 2.62. The van der Waals surface area contributed by atoms with E-state index in [1.807, 2.05) is 13.0 Å². The van der Waals surface area contributed by atoms with Gasteiger partial charge in [-0.1, -0.05) is 42.6 Å². The van der Waals surface area contributed by atoms with Crippen LogP contribution in [-0.2, 0) is 6.54 Å². The molecule has 0 fully saturated rings.